The topological polar surface area (TPSA) is 131 Å². The average Bonchev–Trinajstić information content (AvgIpc) is 3.52. The molecular weight excluding hydrogens is 583 g/mol. The number of aromatic nitrogens is 4. The molecule has 5 heterocycles. The van der Waals surface area contributed by atoms with Crippen molar-refractivity contribution in [1.29, 1.82) is 0 Å². The Kier molecular flexibility index (Phi) is 8.10. The van der Waals surface area contributed by atoms with E-state index >= 15 is 0 Å². The minimum absolute atomic E-state index is 0.173. The van der Waals surface area contributed by atoms with Crippen LogP contribution in [0.5, 0.6) is 5.88 Å². The van der Waals surface area contributed by atoms with Crippen molar-refractivity contribution >= 4 is 35.6 Å². The van der Waals surface area contributed by atoms with Crippen molar-refractivity contribution in [1.82, 2.24) is 24.5 Å². The van der Waals surface area contributed by atoms with Gasteiger partial charge in [-0.05, 0) is 68.3 Å². The molecule has 1 atom stereocenters. The van der Waals surface area contributed by atoms with E-state index in [1.165, 1.54) is 6.07 Å². The minimum atomic E-state index is -4.23. The summed E-state index contributed by atoms with van der Waals surface area (Å²) < 4.78 is 36.4. The Morgan fingerprint density at radius 2 is 1.88 bits per heavy atom. The van der Waals surface area contributed by atoms with Crippen LogP contribution in [0.1, 0.15) is 64.2 Å². The van der Waals surface area contributed by atoms with Crippen LogP contribution in [0.25, 0.3) is 5.82 Å². The Morgan fingerprint density at radius 1 is 1.12 bits per heavy atom. The fourth-order valence-corrected chi connectivity index (χ4v) is 7.26. The van der Waals surface area contributed by atoms with Gasteiger partial charge in [-0.2, -0.15) is 8.42 Å². The predicted molar refractivity (Wildman–Crippen MR) is 170 cm³/mol. The maximum absolute atomic E-state index is 13.6. The molecule has 3 aromatic heterocycles. The van der Waals surface area contributed by atoms with Crippen molar-refractivity contribution in [3.8, 4) is 11.7 Å². The van der Waals surface area contributed by atoms with Crippen LogP contribution in [0.2, 0.25) is 18.1 Å². The molecular formula is C30H43N7O4SSi. The van der Waals surface area contributed by atoms with E-state index in [2.05, 4.69) is 72.7 Å². The number of anilines is 2. The molecule has 11 nitrogen and oxygen atoms in total. The molecule has 232 valence electrons. The fourth-order valence-electron chi connectivity index (χ4n) is 5.38. The zero-order valence-corrected chi connectivity index (χ0v) is 28.0. The largest absolute Gasteiger partial charge is 0.480 e. The second-order valence-corrected chi connectivity index (χ2v) is 21.1. The van der Waals surface area contributed by atoms with E-state index < -0.39 is 24.0 Å². The zero-order valence-electron chi connectivity index (χ0n) is 26.1. The van der Waals surface area contributed by atoms with Crippen molar-refractivity contribution in [3.63, 3.8) is 0 Å². The number of nitrogens with one attached hydrogen (secondary N) is 2. The number of amides is 1. The first-order valence-electron chi connectivity index (χ1n) is 14.8. The maximum Gasteiger partial charge on any atom is 0.281 e. The van der Waals surface area contributed by atoms with E-state index in [9.17, 15) is 13.2 Å². The van der Waals surface area contributed by atoms with Gasteiger partial charge in [0.2, 0.25) is 5.88 Å². The van der Waals surface area contributed by atoms with Gasteiger partial charge in [0.25, 0.3) is 15.9 Å². The Balaban J connectivity index is 1.51. The van der Waals surface area contributed by atoms with Crippen molar-refractivity contribution in [2.45, 2.75) is 82.6 Å². The third kappa shape index (κ3) is 6.57. The van der Waals surface area contributed by atoms with Crippen molar-refractivity contribution in [2.24, 2.45) is 5.92 Å². The van der Waals surface area contributed by atoms with Gasteiger partial charge >= 0.3 is 0 Å². The summed E-state index contributed by atoms with van der Waals surface area (Å²) >= 11 is 0. The molecule has 43 heavy (non-hydrogen) atoms. The van der Waals surface area contributed by atoms with Gasteiger partial charge in [-0.3, -0.25) is 4.79 Å². The van der Waals surface area contributed by atoms with Crippen LogP contribution in [0.15, 0.2) is 47.6 Å². The normalized spacial score (nSPS) is 20.3. The van der Waals surface area contributed by atoms with Crippen LogP contribution in [-0.2, 0) is 10.0 Å². The number of carbonyl (C=O) groups excluding carboxylic acids is 1. The molecule has 0 aliphatic carbocycles. The van der Waals surface area contributed by atoms with Crippen LogP contribution >= 0.6 is 0 Å². The van der Waals surface area contributed by atoms with Crippen LogP contribution in [0, 0.1) is 5.92 Å². The summed E-state index contributed by atoms with van der Waals surface area (Å²) in [5.41, 5.74) is -0.131. The number of fused-ring (bicyclic) bond motifs is 6. The van der Waals surface area contributed by atoms with Crippen LogP contribution in [-0.4, -0.2) is 67.0 Å². The number of pyridine rings is 2. The lowest BCUT2D eigenvalue weighted by atomic mass is 9.93. The molecule has 0 unspecified atom stereocenters. The lowest BCUT2D eigenvalue weighted by Gasteiger charge is -2.35. The number of hydrogen-bond donors (Lipinski definition) is 2. The molecule has 13 heteroatoms. The number of carbonyl (C=O) groups is 1. The molecule has 5 rings (SSSR count). The lowest BCUT2D eigenvalue weighted by molar-refractivity contribution is 0.0981. The lowest BCUT2D eigenvalue weighted by Crippen LogP contribution is -2.43. The van der Waals surface area contributed by atoms with Gasteiger partial charge in [-0.25, -0.2) is 19.4 Å². The smallest absolute Gasteiger partial charge is 0.281 e. The first-order valence-corrected chi connectivity index (χ1v) is 19.5. The Hall–Kier alpha value is -3.45. The van der Waals surface area contributed by atoms with Gasteiger partial charge < -0.3 is 15.0 Å². The standard InChI is InChI=1S/C30H43N7O4SSi/c1-29(2,3)43(6,7)20-41-25-15-17-37(34-25)24-14-13-22-27(33-24)36-19-21(18-30(36,4)5)10-9-16-31-23-11-8-12-26(32-23)42(39,40)35-28(22)38/h8,11-15,17,21H,9-10,16,18-20H2,1-7H3,(H,31,32)(H,35,38)/t21-/m0/s1. The Morgan fingerprint density at radius 3 is 2.63 bits per heavy atom. The first-order chi connectivity index (χ1) is 20.1. The van der Waals surface area contributed by atoms with E-state index in [1.807, 2.05) is 6.07 Å². The third-order valence-electron chi connectivity index (χ3n) is 9.05. The molecule has 0 aromatic carbocycles. The second kappa shape index (κ2) is 11.2. The first kappa shape index (κ1) is 31.0. The highest BCUT2D eigenvalue weighted by molar-refractivity contribution is 7.90. The average molecular weight is 626 g/mol. The molecule has 0 saturated carbocycles. The number of sulfonamides is 1. The number of nitrogens with zero attached hydrogens (tertiary/aromatic N) is 5. The molecule has 2 aliphatic rings. The van der Waals surface area contributed by atoms with Gasteiger partial charge in [0, 0.05) is 30.9 Å². The molecule has 3 aromatic rings. The quantitative estimate of drug-likeness (QED) is 0.384. The highest BCUT2D eigenvalue weighted by Crippen LogP contribution is 2.40. The minimum Gasteiger partial charge on any atom is -0.480 e. The van der Waals surface area contributed by atoms with Crippen LogP contribution in [0.3, 0.4) is 0 Å². The van der Waals surface area contributed by atoms with Crippen molar-refractivity contribution in [3.05, 3.63) is 48.2 Å². The van der Waals surface area contributed by atoms with Gasteiger partial charge in [-0.15, -0.1) is 5.10 Å². The molecule has 1 saturated heterocycles. The molecule has 1 fully saturated rings. The zero-order chi connectivity index (χ0) is 31.2. The predicted octanol–water partition coefficient (Wildman–Crippen LogP) is 5.02. The second-order valence-electron chi connectivity index (χ2n) is 13.9. The summed E-state index contributed by atoms with van der Waals surface area (Å²) in [5, 5.41) is 7.81. The highest BCUT2D eigenvalue weighted by atomic mass is 32.2. The van der Waals surface area contributed by atoms with Gasteiger partial charge in [0.1, 0.15) is 11.6 Å². The van der Waals surface area contributed by atoms with Crippen molar-refractivity contribution in [2.75, 3.05) is 29.5 Å². The molecule has 1 amide bonds. The molecule has 2 N–H and O–H groups in total. The summed E-state index contributed by atoms with van der Waals surface area (Å²) in [6.07, 6.45) is 5.21. The SMILES string of the molecule is CC1(C)C[C@@H]2CCCNc3cccc(n3)S(=O)(=O)NC(=O)c3ccc(-n4ccc(OC[Si](C)(C)C(C)(C)C)n4)nc3N1C2. The van der Waals surface area contributed by atoms with E-state index in [0.29, 0.717) is 48.6 Å². The maximum atomic E-state index is 13.6. The number of rotatable bonds is 4. The Labute approximate surface area is 255 Å². The fraction of sp³-hybridized carbons (Fsp3) is 0.533. The van der Waals surface area contributed by atoms with Crippen molar-refractivity contribution < 1.29 is 17.9 Å². The van der Waals surface area contributed by atoms with Crippen LogP contribution < -0.4 is 19.7 Å². The summed E-state index contributed by atoms with van der Waals surface area (Å²) in [6, 6.07) is 9.81. The molecule has 2 aliphatic heterocycles. The van der Waals surface area contributed by atoms with Gasteiger partial charge in [0.05, 0.1) is 19.9 Å². The third-order valence-corrected chi connectivity index (χ3v) is 15.2. The van der Waals surface area contributed by atoms with Gasteiger partial charge in [0.15, 0.2) is 10.8 Å². The van der Waals surface area contributed by atoms with Crippen LogP contribution in [0.4, 0.5) is 11.6 Å². The summed E-state index contributed by atoms with van der Waals surface area (Å²) in [6.45, 7) is 17.0. The number of hydrogen-bond acceptors (Lipinski definition) is 9. The van der Waals surface area contributed by atoms with E-state index in [-0.39, 0.29) is 21.2 Å². The van der Waals surface area contributed by atoms with Gasteiger partial charge in [-0.1, -0.05) is 39.9 Å². The molecule has 0 radical (unpaired) electrons. The van der Waals surface area contributed by atoms with E-state index in [4.69, 9.17) is 9.72 Å². The molecule has 4 bridgehead atoms. The monoisotopic (exact) mass is 625 g/mol. The van der Waals surface area contributed by atoms with E-state index in [1.54, 1.807) is 35.1 Å². The highest BCUT2D eigenvalue weighted by Gasteiger charge is 2.41. The number of ether oxygens (including phenoxy) is 1. The Bertz CT molecular complexity index is 1610. The summed E-state index contributed by atoms with van der Waals surface area (Å²) in [4.78, 5) is 24.9. The summed E-state index contributed by atoms with van der Waals surface area (Å²) in [7, 11) is -5.90. The van der Waals surface area contributed by atoms with E-state index in [0.717, 1.165) is 19.3 Å². The summed E-state index contributed by atoms with van der Waals surface area (Å²) in [5.74, 6) is 1.52. The molecule has 0 spiro atoms.